The Kier molecular flexibility index (Phi) is 6.68. The fraction of sp³-hybridized carbons (Fsp3) is 0.389. The van der Waals surface area contributed by atoms with E-state index >= 15 is 0 Å². The van der Waals surface area contributed by atoms with E-state index in [1.54, 1.807) is 13.2 Å². The normalized spacial score (nSPS) is 18.7. The Bertz CT molecular complexity index is 583. The Morgan fingerprint density at radius 3 is 2.78 bits per heavy atom. The van der Waals surface area contributed by atoms with Crippen LogP contribution in [0.1, 0.15) is 18.4 Å². The first kappa shape index (κ1) is 17.6. The number of aliphatic hydroxyl groups is 1. The van der Waals surface area contributed by atoms with Crippen LogP contribution in [-0.4, -0.2) is 30.8 Å². The number of carbonyl (C=O) groups is 1. The molecule has 1 aliphatic rings. The second-order valence-corrected chi connectivity index (χ2v) is 6.09. The van der Waals surface area contributed by atoms with Gasteiger partial charge in [-0.25, -0.2) is 0 Å². The number of nitrogens with one attached hydrogen (secondary N) is 1. The van der Waals surface area contributed by atoms with Gasteiger partial charge in [0.2, 0.25) is 5.91 Å². The topological polar surface area (TPSA) is 58.6 Å². The number of methoxy groups -OCH3 is 1. The van der Waals surface area contributed by atoms with Crippen molar-refractivity contribution in [3.05, 3.63) is 58.8 Å². The maximum absolute atomic E-state index is 12.2. The smallest absolute Gasteiger partial charge is 0.220 e. The Labute approximate surface area is 141 Å². The second-order valence-electron chi connectivity index (χ2n) is 5.64. The van der Waals surface area contributed by atoms with Crippen LogP contribution in [0.2, 0.25) is 0 Å². The molecule has 1 aliphatic carbocycles. The van der Waals surface area contributed by atoms with E-state index in [1.807, 2.05) is 36.4 Å². The third-order valence-corrected chi connectivity index (χ3v) is 4.15. The quantitative estimate of drug-likeness (QED) is 0.805. The van der Waals surface area contributed by atoms with Gasteiger partial charge < -0.3 is 15.2 Å². The summed E-state index contributed by atoms with van der Waals surface area (Å²) in [5.41, 5.74) is 1.08. The number of allylic oxidation sites excluding steroid dienone is 3. The predicted molar refractivity (Wildman–Crippen MR) is 90.9 cm³/mol. The first-order chi connectivity index (χ1) is 11.1. The van der Waals surface area contributed by atoms with Gasteiger partial charge in [-0.1, -0.05) is 48.0 Å². The number of ether oxygens (including phenoxy) is 1. The number of aliphatic hydroxyl groups excluding tert-OH is 1. The summed E-state index contributed by atoms with van der Waals surface area (Å²) in [6.45, 7) is -0.0877. The second kappa shape index (κ2) is 8.75. The zero-order chi connectivity index (χ0) is 16.7. The van der Waals surface area contributed by atoms with Gasteiger partial charge in [-0.2, -0.15) is 0 Å². The standard InChI is InChI=1S/C18H22ClNO3/c1-23-17-8-7-14(10-16(17)19)11-18(22)20-15(12-21)9-13-5-3-2-4-6-13/h2-8,14-15,21H,9-12H2,1H3,(H,20,22). The molecule has 2 unspecified atom stereocenters. The van der Waals surface area contributed by atoms with Crippen molar-refractivity contribution in [1.82, 2.24) is 5.32 Å². The molecular weight excluding hydrogens is 314 g/mol. The fourth-order valence-corrected chi connectivity index (χ4v) is 2.95. The molecule has 2 rings (SSSR count). The molecule has 0 saturated carbocycles. The van der Waals surface area contributed by atoms with Crippen molar-refractivity contribution >= 4 is 17.5 Å². The van der Waals surface area contributed by atoms with Crippen molar-refractivity contribution in [3.63, 3.8) is 0 Å². The first-order valence-corrected chi connectivity index (χ1v) is 8.05. The van der Waals surface area contributed by atoms with Crippen molar-refractivity contribution in [3.8, 4) is 0 Å². The van der Waals surface area contributed by atoms with Crippen LogP contribution < -0.4 is 5.32 Å². The molecule has 0 aliphatic heterocycles. The molecule has 23 heavy (non-hydrogen) atoms. The summed E-state index contributed by atoms with van der Waals surface area (Å²) < 4.78 is 5.13. The SMILES string of the molecule is COC1=C(Cl)CC(CC(=O)NC(CO)Cc2ccccc2)C=C1. The lowest BCUT2D eigenvalue weighted by Crippen LogP contribution is -2.39. The average molecular weight is 336 g/mol. The molecule has 0 bridgehead atoms. The highest BCUT2D eigenvalue weighted by atomic mass is 35.5. The minimum atomic E-state index is -0.280. The lowest BCUT2D eigenvalue weighted by molar-refractivity contribution is -0.122. The zero-order valence-corrected chi connectivity index (χ0v) is 13.9. The van der Waals surface area contributed by atoms with Crippen LogP contribution in [0.5, 0.6) is 0 Å². The monoisotopic (exact) mass is 335 g/mol. The fourth-order valence-electron chi connectivity index (χ4n) is 2.62. The molecular formula is C18H22ClNO3. The van der Waals surface area contributed by atoms with Gasteiger partial charge in [-0.3, -0.25) is 4.79 Å². The molecule has 0 saturated heterocycles. The highest BCUT2D eigenvalue weighted by Gasteiger charge is 2.20. The average Bonchev–Trinajstić information content (AvgIpc) is 2.55. The van der Waals surface area contributed by atoms with E-state index in [9.17, 15) is 9.90 Å². The molecule has 1 aromatic rings. The van der Waals surface area contributed by atoms with Gasteiger partial charge in [0.25, 0.3) is 0 Å². The number of rotatable bonds is 7. The van der Waals surface area contributed by atoms with Crippen molar-refractivity contribution < 1.29 is 14.6 Å². The number of hydrogen-bond donors (Lipinski definition) is 2. The lowest BCUT2D eigenvalue weighted by Gasteiger charge is -2.20. The molecule has 5 heteroatoms. The van der Waals surface area contributed by atoms with Crippen molar-refractivity contribution in [2.45, 2.75) is 25.3 Å². The van der Waals surface area contributed by atoms with Crippen LogP contribution in [0.15, 0.2) is 53.3 Å². The largest absolute Gasteiger partial charge is 0.496 e. The van der Waals surface area contributed by atoms with Crippen molar-refractivity contribution in [1.29, 1.82) is 0 Å². The Morgan fingerprint density at radius 1 is 1.43 bits per heavy atom. The van der Waals surface area contributed by atoms with Gasteiger partial charge >= 0.3 is 0 Å². The molecule has 0 spiro atoms. The lowest BCUT2D eigenvalue weighted by atomic mass is 9.95. The number of benzene rings is 1. The van der Waals surface area contributed by atoms with Crippen LogP contribution in [0.4, 0.5) is 0 Å². The van der Waals surface area contributed by atoms with E-state index in [-0.39, 0.29) is 24.5 Å². The van der Waals surface area contributed by atoms with E-state index in [1.165, 1.54) is 0 Å². The Hall–Kier alpha value is -1.78. The van der Waals surface area contributed by atoms with E-state index < -0.39 is 0 Å². The van der Waals surface area contributed by atoms with Crippen LogP contribution in [0.25, 0.3) is 0 Å². The molecule has 0 fully saturated rings. The minimum absolute atomic E-state index is 0.0532. The summed E-state index contributed by atoms with van der Waals surface area (Å²) in [4.78, 5) is 12.2. The Balaban J connectivity index is 1.84. The highest BCUT2D eigenvalue weighted by molar-refractivity contribution is 6.30. The first-order valence-electron chi connectivity index (χ1n) is 7.67. The van der Waals surface area contributed by atoms with Crippen LogP contribution >= 0.6 is 11.6 Å². The van der Waals surface area contributed by atoms with Crippen molar-refractivity contribution in [2.24, 2.45) is 5.92 Å². The highest BCUT2D eigenvalue weighted by Crippen LogP contribution is 2.28. The molecule has 1 amide bonds. The van der Waals surface area contributed by atoms with Gasteiger partial charge in [0.05, 0.1) is 24.8 Å². The molecule has 2 N–H and O–H groups in total. The maximum atomic E-state index is 12.2. The van der Waals surface area contributed by atoms with Crippen LogP contribution in [0, 0.1) is 5.92 Å². The van der Waals surface area contributed by atoms with Gasteiger partial charge in [-0.15, -0.1) is 0 Å². The van der Waals surface area contributed by atoms with E-state index in [4.69, 9.17) is 16.3 Å². The van der Waals surface area contributed by atoms with E-state index in [0.29, 0.717) is 30.1 Å². The number of hydrogen-bond acceptors (Lipinski definition) is 3. The van der Waals surface area contributed by atoms with Gasteiger partial charge in [0.15, 0.2) is 0 Å². The number of amides is 1. The molecule has 1 aromatic carbocycles. The van der Waals surface area contributed by atoms with Crippen LogP contribution in [-0.2, 0) is 16.0 Å². The summed E-state index contributed by atoms with van der Waals surface area (Å²) >= 11 is 6.13. The molecule has 124 valence electrons. The number of carbonyl (C=O) groups excluding carboxylic acids is 1. The maximum Gasteiger partial charge on any atom is 0.220 e. The summed E-state index contributed by atoms with van der Waals surface area (Å²) in [5, 5.41) is 13.0. The molecule has 2 atom stereocenters. The van der Waals surface area contributed by atoms with E-state index in [2.05, 4.69) is 5.32 Å². The third-order valence-electron chi connectivity index (χ3n) is 3.81. The van der Waals surface area contributed by atoms with Crippen molar-refractivity contribution in [2.75, 3.05) is 13.7 Å². The molecule has 0 radical (unpaired) electrons. The molecule has 4 nitrogen and oxygen atoms in total. The van der Waals surface area contributed by atoms with Gasteiger partial charge in [0, 0.05) is 6.42 Å². The minimum Gasteiger partial charge on any atom is -0.496 e. The third kappa shape index (κ3) is 5.41. The van der Waals surface area contributed by atoms with Crippen LogP contribution in [0.3, 0.4) is 0 Å². The summed E-state index contributed by atoms with van der Waals surface area (Å²) in [7, 11) is 1.57. The summed E-state index contributed by atoms with van der Waals surface area (Å²) in [6.07, 6.45) is 5.29. The number of halogens is 1. The molecule has 0 heterocycles. The zero-order valence-electron chi connectivity index (χ0n) is 13.2. The van der Waals surface area contributed by atoms with Gasteiger partial charge in [0.1, 0.15) is 5.76 Å². The molecule has 0 aromatic heterocycles. The van der Waals surface area contributed by atoms with Gasteiger partial charge in [-0.05, 0) is 30.4 Å². The predicted octanol–water partition coefficient (Wildman–Crippen LogP) is 2.77. The van der Waals surface area contributed by atoms with E-state index in [0.717, 1.165) is 5.56 Å². The Morgan fingerprint density at radius 2 is 2.17 bits per heavy atom. The summed E-state index contributed by atoms with van der Waals surface area (Å²) in [5.74, 6) is 0.623. The summed E-state index contributed by atoms with van der Waals surface area (Å²) in [6, 6.07) is 9.51.